The molecule has 2 atom stereocenters. The van der Waals surface area contributed by atoms with Crippen LogP contribution >= 0.6 is 0 Å². The van der Waals surface area contributed by atoms with E-state index in [-0.39, 0.29) is 25.0 Å². The van der Waals surface area contributed by atoms with Gasteiger partial charge >= 0.3 is 5.97 Å². The van der Waals surface area contributed by atoms with Gasteiger partial charge in [0.1, 0.15) is 6.54 Å². The number of nitrogens with zero attached hydrogens (tertiary/aromatic N) is 1. The molecule has 0 aromatic carbocycles. The van der Waals surface area contributed by atoms with Gasteiger partial charge in [-0.1, -0.05) is 20.8 Å². The Bertz CT molecular complexity index is 358. The van der Waals surface area contributed by atoms with Crippen molar-refractivity contribution in [1.29, 1.82) is 0 Å². The van der Waals surface area contributed by atoms with Gasteiger partial charge in [-0.15, -0.1) is 0 Å². The number of carbonyl (C=O) groups is 3. The van der Waals surface area contributed by atoms with Crippen LogP contribution in [0.25, 0.3) is 0 Å². The van der Waals surface area contributed by atoms with E-state index in [1.54, 1.807) is 6.92 Å². The standard InChI is InChI=1S/C13H25N3O4/c1-5-9(4)16(7-11(18)19)10(17)6-15-13(20)12(14)8(2)3/h8-9,12H,5-7,14H2,1-4H3,(H,15,20)(H,18,19)/t9?,12-/m0/s1. The SMILES string of the molecule is CCC(C)N(CC(=O)O)C(=O)CNC(=O)[C@@H](N)C(C)C. The third kappa shape index (κ3) is 6.01. The van der Waals surface area contributed by atoms with Crippen molar-refractivity contribution in [3.8, 4) is 0 Å². The van der Waals surface area contributed by atoms with Gasteiger partial charge < -0.3 is 21.1 Å². The van der Waals surface area contributed by atoms with Gasteiger partial charge in [0.15, 0.2) is 0 Å². The highest BCUT2D eigenvalue weighted by molar-refractivity contribution is 5.88. The molecule has 0 aliphatic carbocycles. The Balaban J connectivity index is 4.54. The molecule has 0 radical (unpaired) electrons. The quantitative estimate of drug-likeness (QED) is 0.572. The molecule has 0 aliphatic heterocycles. The Morgan fingerprint density at radius 1 is 1.25 bits per heavy atom. The average molecular weight is 287 g/mol. The number of nitrogens with one attached hydrogen (secondary N) is 1. The summed E-state index contributed by atoms with van der Waals surface area (Å²) in [5, 5.41) is 11.3. The normalized spacial score (nSPS) is 13.7. The summed E-state index contributed by atoms with van der Waals surface area (Å²) in [5.74, 6) is -1.95. The zero-order valence-corrected chi connectivity index (χ0v) is 12.5. The lowest BCUT2D eigenvalue weighted by Crippen LogP contribution is -2.50. The molecule has 0 aromatic heterocycles. The fourth-order valence-corrected chi connectivity index (χ4v) is 1.54. The Hall–Kier alpha value is -1.63. The van der Waals surface area contributed by atoms with Gasteiger partial charge in [0, 0.05) is 6.04 Å². The van der Waals surface area contributed by atoms with Crippen molar-refractivity contribution in [3.05, 3.63) is 0 Å². The highest BCUT2D eigenvalue weighted by atomic mass is 16.4. The van der Waals surface area contributed by atoms with Crippen LogP contribution < -0.4 is 11.1 Å². The number of aliphatic carboxylic acids is 1. The molecule has 2 amide bonds. The minimum Gasteiger partial charge on any atom is -0.480 e. The molecule has 0 rings (SSSR count). The minimum atomic E-state index is -1.08. The van der Waals surface area contributed by atoms with Gasteiger partial charge in [0.05, 0.1) is 12.6 Å². The Morgan fingerprint density at radius 2 is 1.80 bits per heavy atom. The van der Waals surface area contributed by atoms with Crippen molar-refractivity contribution in [2.45, 2.75) is 46.2 Å². The molecule has 20 heavy (non-hydrogen) atoms. The van der Waals surface area contributed by atoms with Crippen LogP contribution in [0.3, 0.4) is 0 Å². The highest BCUT2D eigenvalue weighted by Gasteiger charge is 2.23. The second-order valence-corrected chi connectivity index (χ2v) is 5.16. The van der Waals surface area contributed by atoms with E-state index in [1.165, 1.54) is 4.90 Å². The zero-order valence-electron chi connectivity index (χ0n) is 12.5. The Labute approximate surface area is 119 Å². The number of nitrogens with two attached hydrogens (primary N) is 1. The summed E-state index contributed by atoms with van der Waals surface area (Å²) in [7, 11) is 0. The number of carboxylic acid groups (broad SMARTS) is 1. The Kier molecular flexibility index (Phi) is 7.83. The van der Waals surface area contributed by atoms with E-state index in [0.29, 0.717) is 6.42 Å². The van der Waals surface area contributed by atoms with Gasteiger partial charge in [-0.2, -0.15) is 0 Å². The van der Waals surface area contributed by atoms with E-state index >= 15 is 0 Å². The predicted octanol–water partition coefficient (Wildman–Crippen LogP) is -0.202. The van der Waals surface area contributed by atoms with E-state index in [2.05, 4.69) is 5.32 Å². The average Bonchev–Trinajstić information content (AvgIpc) is 2.39. The first-order chi connectivity index (χ1) is 9.20. The van der Waals surface area contributed by atoms with Crippen LogP contribution in [0.15, 0.2) is 0 Å². The van der Waals surface area contributed by atoms with Gasteiger partial charge in [0.25, 0.3) is 0 Å². The van der Waals surface area contributed by atoms with Crippen LogP contribution in [0.4, 0.5) is 0 Å². The topological polar surface area (TPSA) is 113 Å². The van der Waals surface area contributed by atoms with Crippen molar-refractivity contribution in [2.24, 2.45) is 11.7 Å². The summed E-state index contributed by atoms with van der Waals surface area (Å²) in [6, 6.07) is -0.881. The number of carboxylic acids is 1. The van der Waals surface area contributed by atoms with Crippen LogP contribution in [0.1, 0.15) is 34.1 Å². The van der Waals surface area contributed by atoms with Crippen molar-refractivity contribution < 1.29 is 19.5 Å². The molecule has 0 saturated heterocycles. The molecule has 116 valence electrons. The summed E-state index contributed by atoms with van der Waals surface area (Å²) in [6.45, 7) is 6.63. The maximum Gasteiger partial charge on any atom is 0.323 e. The van der Waals surface area contributed by atoms with E-state index in [9.17, 15) is 14.4 Å². The molecule has 1 unspecified atom stereocenters. The summed E-state index contributed by atoms with van der Waals surface area (Å²) < 4.78 is 0. The van der Waals surface area contributed by atoms with Crippen LogP contribution in [-0.2, 0) is 14.4 Å². The molecule has 0 heterocycles. The number of rotatable bonds is 8. The summed E-state index contributed by atoms with van der Waals surface area (Å²) in [6.07, 6.45) is 0.637. The molecule has 0 spiro atoms. The predicted molar refractivity (Wildman–Crippen MR) is 74.9 cm³/mol. The maximum absolute atomic E-state index is 12.0. The Morgan fingerprint density at radius 3 is 2.20 bits per heavy atom. The summed E-state index contributed by atoms with van der Waals surface area (Å²) in [4.78, 5) is 35.6. The first-order valence-corrected chi connectivity index (χ1v) is 6.75. The van der Waals surface area contributed by atoms with Crippen molar-refractivity contribution in [1.82, 2.24) is 10.2 Å². The second kappa shape index (κ2) is 8.52. The van der Waals surface area contributed by atoms with E-state index in [1.807, 2.05) is 20.8 Å². The van der Waals surface area contributed by atoms with Crippen LogP contribution in [-0.4, -0.2) is 53.0 Å². The van der Waals surface area contributed by atoms with Crippen molar-refractivity contribution >= 4 is 17.8 Å². The molecule has 4 N–H and O–H groups in total. The molecule has 7 heteroatoms. The first-order valence-electron chi connectivity index (χ1n) is 6.75. The summed E-state index contributed by atoms with van der Waals surface area (Å²) >= 11 is 0. The minimum absolute atomic E-state index is 0.0326. The lowest BCUT2D eigenvalue weighted by atomic mass is 10.1. The molecule has 0 bridgehead atoms. The van der Waals surface area contributed by atoms with Gasteiger partial charge in [-0.05, 0) is 19.3 Å². The molecular formula is C13H25N3O4. The molecule has 0 aromatic rings. The molecule has 7 nitrogen and oxygen atoms in total. The smallest absolute Gasteiger partial charge is 0.323 e. The first kappa shape index (κ1) is 18.4. The zero-order chi connectivity index (χ0) is 15.9. The van der Waals surface area contributed by atoms with Gasteiger partial charge in [0.2, 0.25) is 11.8 Å². The number of amides is 2. The number of carbonyl (C=O) groups excluding carboxylic acids is 2. The summed E-state index contributed by atoms with van der Waals surface area (Å²) in [5.41, 5.74) is 5.66. The lowest BCUT2D eigenvalue weighted by molar-refractivity contribution is -0.146. The van der Waals surface area contributed by atoms with Crippen molar-refractivity contribution in [3.63, 3.8) is 0 Å². The third-order valence-electron chi connectivity index (χ3n) is 3.18. The fraction of sp³-hybridized carbons (Fsp3) is 0.769. The highest BCUT2D eigenvalue weighted by Crippen LogP contribution is 2.04. The fourth-order valence-electron chi connectivity index (χ4n) is 1.54. The monoisotopic (exact) mass is 287 g/mol. The van der Waals surface area contributed by atoms with Crippen LogP contribution in [0.5, 0.6) is 0 Å². The van der Waals surface area contributed by atoms with Crippen LogP contribution in [0.2, 0.25) is 0 Å². The van der Waals surface area contributed by atoms with Gasteiger partial charge in [-0.3, -0.25) is 14.4 Å². The molecular weight excluding hydrogens is 262 g/mol. The molecule has 0 saturated carbocycles. The number of hydrogen-bond donors (Lipinski definition) is 3. The second-order valence-electron chi connectivity index (χ2n) is 5.16. The molecule has 0 fully saturated rings. The number of hydrogen-bond acceptors (Lipinski definition) is 4. The molecule has 0 aliphatic rings. The van der Waals surface area contributed by atoms with E-state index < -0.39 is 23.8 Å². The van der Waals surface area contributed by atoms with Gasteiger partial charge in [-0.25, -0.2) is 0 Å². The largest absolute Gasteiger partial charge is 0.480 e. The maximum atomic E-state index is 12.0. The van der Waals surface area contributed by atoms with E-state index in [0.717, 1.165) is 0 Å². The lowest BCUT2D eigenvalue weighted by Gasteiger charge is -2.27. The third-order valence-corrected chi connectivity index (χ3v) is 3.18. The van der Waals surface area contributed by atoms with E-state index in [4.69, 9.17) is 10.8 Å². The van der Waals surface area contributed by atoms with Crippen molar-refractivity contribution in [2.75, 3.05) is 13.1 Å². The van der Waals surface area contributed by atoms with Crippen LogP contribution in [0, 0.1) is 5.92 Å².